The van der Waals surface area contributed by atoms with Crippen LogP contribution in [0.25, 0.3) is 0 Å². The molecule has 0 spiro atoms. The minimum absolute atomic E-state index is 0. The van der Waals surface area contributed by atoms with Crippen molar-refractivity contribution in [1.29, 1.82) is 0 Å². The molecule has 0 radical (unpaired) electrons. The number of hydrogen-bond donors (Lipinski definition) is 1. The van der Waals surface area contributed by atoms with Crippen LogP contribution in [-0.2, 0) is 20.1 Å². The van der Waals surface area contributed by atoms with E-state index in [1.54, 1.807) is 13.2 Å². The molecule has 2 heterocycles. The van der Waals surface area contributed by atoms with Crippen molar-refractivity contribution in [1.82, 2.24) is 19.6 Å². The molecule has 2 aromatic rings. The number of aromatic nitrogens is 4. The van der Waals surface area contributed by atoms with E-state index in [9.17, 15) is 4.39 Å². The molecule has 5 nitrogen and oxygen atoms in total. The highest BCUT2D eigenvalue weighted by Crippen LogP contribution is 2.17. The maximum absolute atomic E-state index is 13.7. The Hall–Kier alpha value is -1.56. The van der Waals surface area contributed by atoms with Crippen LogP contribution in [0.3, 0.4) is 0 Å². The quantitative estimate of drug-likeness (QED) is 0.939. The van der Waals surface area contributed by atoms with E-state index in [0.29, 0.717) is 17.8 Å². The molecule has 2 rings (SSSR count). The van der Waals surface area contributed by atoms with E-state index in [0.717, 1.165) is 17.9 Å². The van der Waals surface area contributed by atoms with Gasteiger partial charge in [-0.15, -0.1) is 12.4 Å². The summed E-state index contributed by atoms with van der Waals surface area (Å²) in [6, 6.07) is 0. The molecule has 1 N–H and O–H groups in total. The zero-order chi connectivity index (χ0) is 13.3. The molecule has 0 aliphatic carbocycles. The van der Waals surface area contributed by atoms with Crippen LogP contribution in [0.5, 0.6) is 0 Å². The predicted molar refractivity (Wildman–Crippen MR) is 75.1 cm³/mol. The zero-order valence-electron chi connectivity index (χ0n) is 11.6. The van der Waals surface area contributed by atoms with E-state index in [1.807, 2.05) is 25.5 Å². The largest absolute Gasteiger partial charge is 0.378 e. The smallest absolute Gasteiger partial charge is 0.216 e. The highest BCUT2D eigenvalue weighted by Gasteiger charge is 2.13. The minimum atomic E-state index is -0.291. The summed E-state index contributed by atoms with van der Waals surface area (Å²) in [6.45, 7) is 7.08. The van der Waals surface area contributed by atoms with Crippen molar-refractivity contribution >= 4 is 18.1 Å². The van der Waals surface area contributed by atoms with Crippen molar-refractivity contribution in [3.05, 3.63) is 29.1 Å². The van der Waals surface area contributed by atoms with Gasteiger partial charge in [0.15, 0.2) is 0 Å². The van der Waals surface area contributed by atoms with Gasteiger partial charge in [0, 0.05) is 25.7 Å². The SMILES string of the molecule is CCn1ncc(NCc2c(C)nn(C)c2F)c1C.Cl. The Balaban J connectivity index is 0.00000180. The molecule has 0 aromatic carbocycles. The van der Waals surface area contributed by atoms with Crippen molar-refractivity contribution in [3.63, 3.8) is 0 Å². The first kappa shape index (κ1) is 15.5. The topological polar surface area (TPSA) is 47.7 Å². The number of anilines is 1. The molecular formula is C12H19ClFN5. The molecule has 7 heteroatoms. The first-order valence-corrected chi connectivity index (χ1v) is 5.98. The normalized spacial score (nSPS) is 10.4. The molecule has 0 aliphatic heterocycles. The van der Waals surface area contributed by atoms with Crippen molar-refractivity contribution in [2.45, 2.75) is 33.9 Å². The monoisotopic (exact) mass is 287 g/mol. The third kappa shape index (κ3) is 2.89. The fourth-order valence-corrected chi connectivity index (χ4v) is 2.00. The molecule has 0 saturated carbocycles. The van der Waals surface area contributed by atoms with Gasteiger partial charge in [0.2, 0.25) is 5.95 Å². The van der Waals surface area contributed by atoms with Crippen LogP contribution >= 0.6 is 12.4 Å². The van der Waals surface area contributed by atoms with Gasteiger partial charge in [-0.25, -0.2) is 4.68 Å². The first-order valence-electron chi connectivity index (χ1n) is 5.98. The summed E-state index contributed by atoms with van der Waals surface area (Å²) in [7, 11) is 1.60. The van der Waals surface area contributed by atoms with E-state index >= 15 is 0 Å². The van der Waals surface area contributed by atoms with Gasteiger partial charge < -0.3 is 5.32 Å². The van der Waals surface area contributed by atoms with Gasteiger partial charge in [-0.3, -0.25) is 4.68 Å². The van der Waals surface area contributed by atoms with Gasteiger partial charge in [0.1, 0.15) is 0 Å². The number of rotatable bonds is 4. The van der Waals surface area contributed by atoms with E-state index in [1.165, 1.54) is 4.68 Å². The van der Waals surface area contributed by atoms with Gasteiger partial charge in [-0.05, 0) is 20.8 Å². The molecule has 106 valence electrons. The Morgan fingerprint density at radius 3 is 2.53 bits per heavy atom. The van der Waals surface area contributed by atoms with Crippen molar-refractivity contribution in [3.8, 4) is 0 Å². The van der Waals surface area contributed by atoms with Crippen LogP contribution in [0.2, 0.25) is 0 Å². The fourth-order valence-electron chi connectivity index (χ4n) is 2.00. The number of nitrogens with one attached hydrogen (secondary N) is 1. The summed E-state index contributed by atoms with van der Waals surface area (Å²) in [6.07, 6.45) is 1.77. The van der Waals surface area contributed by atoms with E-state index < -0.39 is 0 Å². The third-order valence-corrected chi connectivity index (χ3v) is 3.13. The molecule has 0 unspecified atom stereocenters. The van der Waals surface area contributed by atoms with E-state index in [2.05, 4.69) is 15.5 Å². The summed E-state index contributed by atoms with van der Waals surface area (Å²) >= 11 is 0. The second-order valence-electron chi connectivity index (χ2n) is 4.29. The highest BCUT2D eigenvalue weighted by atomic mass is 35.5. The molecule has 0 saturated heterocycles. The molecule has 0 amide bonds. The maximum atomic E-state index is 13.7. The summed E-state index contributed by atoms with van der Waals surface area (Å²) in [4.78, 5) is 0. The van der Waals surface area contributed by atoms with Gasteiger partial charge in [-0.1, -0.05) is 0 Å². The number of hydrogen-bond acceptors (Lipinski definition) is 3. The van der Waals surface area contributed by atoms with Crippen molar-refractivity contribution in [2.75, 3.05) is 5.32 Å². The fraction of sp³-hybridized carbons (Fsp3) is 0.500. The molecule has 0 atom stereocenters. The molecule has 0 bridgehead atoms. The Morgan fingerprint density at radius 2 is 2.05 bits per heavy atom. The van der Waals surface area contributed by atoms with E-state index in [4.69, 9.17) is 0 Å². The molecule has 0 aliphatic rings. The maximum Gasteiger partial charge on any atom is 0.216 e. The average Bonchev–Trinajstić information content (AvgIpc) is 2.80. The van der Waals surface area contributed by atoms with Gasteiger partial charge >= 0.3 is 0 Å². The van der Waals surface area contributed by atoms with Crippen LogP contribution in [0, 0.1) is 19.8 Å². The summed E-state index contributed by atoms with van der Waals surface area (Å²) in [5, 5.41) is 11.5. The lowest BCUT2D eigenvalue weighted by atomic mass is 10.2. The lowest BCUT2D eigenvalue weighted by Crippen LogP contribution is -2.04. The lowest BCUT2D eigenvalue weighted by molar-refractivity contribution is 0.496. The number of halogens is 2. The Morgan fingerprint density at radius 1 is 1.37 bits per heavy atom. The Bertz CT molecular complexity index is 561. The molecular weight excluding hydrogens is 269 g/mol. The summed E-state index contributed by atoms with van der Waals surface area (Å²) in [5.41, 5.74) is 3.29. The van der Waals surface area contributed by atoms with Crippen LogP contribution in [0.15, 0.2) is 6.20 Å². The standard InChI is InChI=1S/C12H18FN5.ClH/c1-5-18-9(3)11(7-15-18)14-6-10-8(2)16-17(4)12(10)13;/h7,14H,5-6H2,1-4H3;1H. The van der Waals surface area contributed by atoms with E-state index in [-0.39, 0.29) is 18.4 Å². The van der Waals surface area contributed by atoms with Crippen LogP contribution in [0.4, 0.5) is 10.1 Å². The molecule has 0 fully saturated rings. The van der Waals surface area contributed by atoms with Crippen molar-refractivity contribution in [2.24, 2.45) is 7.05 Å². The minimum Gasteiger partial charge on any atom is -0.378 e. The number of nitrogens with zero attached hydrogens (tertiary/aromatic N) is 4. The summed E-state index contributed by atoms with van der Waals surface area (Å²) < 4.78 is 16.9. The van der Waals surface area contributed by atoms with Crippen LogP contribution < -0.4 is 5.32 Å². The third-order valence-electron chi connectivity index (χ3n) is 3.13. The van der Waals surface area contributed by atoms with Gasteiger partial charge in [0.25, 0.3) is 0 Å². The number of aryl methyl sites for hydroxylation is 3. The average molecular weight is 288 g/mol. The second kappa shape index (κ2) is 6.06. The Kier molecular flexibility index (Phi) is 4.94. The Labute approximate surface area is 118 Å². The molecule has 19 heavy (non-hydrogen) atoms. The van der Waals surface area contributed by atoms with Gasteiger partial charge in [-0.2, -0.15) is 14.6 Å². The molecule has 2 aromatic heterocycles. The lowest BCUT2D eigenvalue weighted by Gasteiger charge is -2.05. The first-order chi connectivity index (χ1) is 8.54. The zero-order valence-corrected chi connectivity index (χ0v) is 12.4. The summed E-state index contributed by atoms with van der Waals surface area (Å²) in [5.74, 6) is -0.291. The highest BCUT2D eigenvalue weighted by molar-refractivity contribution is 5.85. The van der Waals surface area contributed by atoms with Crippen LogP contribution in [-0.4, -0.2) is 19.6 Å². The van der Waals surface area contributed by atoms with Gasteiger partial charge in [0.05, 0.1) is 23.3 Å². The van der Waals surface area contributed by atoms with Crippen LogP contribution in [0.1, 0.15) is 23.9 Å². The predicted octanol–water partition coefficient (Wildman–Crippen LogP) is 2.43. The van der Waals surface area contributed by atoms with Crippen molar-refractivity contribution < 1.29 is 4.39 Å². The second-order valence-corrected chi connectivity index (χ2v) is 4.29.